The van der Waals surface area contributed by atoms with Gasteiger partial charge in [-0.2, -0.15) is 0 Å². The minimum Gasteiger partial charge on any atom is -0.381 e. The Labute approximate surface area is 153 Å². The Kier molecular flexibility index (Phi) is 6.21. The van der Waals surface area contributed by atoms with Gasteiger partial charge < -0.3 is 15.4 Å². The number of carbonyl (C=O) groups excluding carboxylic acids is 2. The van der Waals surface area contributed by atoms with Crippen LogP contribution in [0.4, 0.5) is 4.39 Å². The molecule has 1 aromatic rings. The number of hydrogen-bond acceptors (Lipinski definition) is 4. The molecule has 0 radical (unpaired) electrons. The minimum atomic E-state index is -0.811. The Morgan fingerprint density at radius 2 is 1.96 bits per heavy atom. The first-order valence-electron chi connectivity index (χ1n) is 9.21. The van der Waals surface area contributed by atoms with E-state index in [4.69, 9.17) is 4.74 Å². The number of rotatable bonds is 5. The fourth-order valence-corrected chi connectivity index (χ4v) is 3.82. The van der Waals surface area contributed by atoms with Crippen molar-refractivity contribution in [3.05, 3.63) is 35.6 Å². The molecule has 2 atom stereocenters. The lowest BCUT2D eigenvalue weighted by Crippen LogP contribution is -2.51. The summed E-state index contributed by atoms with van der Waals surface area (Å²) in [5.41, 5.74) is 0.303. The Morgan fingerprint density at radius 3 is 2.65 bits per heavy atom. The quantitative estimate of drug-likeness (QED) is 0.829. The van der Waals surface area contributed by atoms with Crippen molar-refractivity contribution < 1.29 is 18.7 Å². The fourth-order valence-electron chi connectivity index (χ4n) is 3.82. The number of nitrogens with one attached hydrogen (secondary N) is 2. The van der Waals surface area contributed by atoms with E-state index in [1.54, 1.807) is 18.2 Å². The van der Waals surface area contributed by atoms with Crippen LogP contribution >= 0.6 is 0 Å². The summed E-state index contributed by atoms with van der Waals surface area (Å²) in [4.78, 5) is 27.2. The molecule has 2 unspecified atom stereocenters. The van der Waals surface area contributed by atoms with Gasteiger partial charge in [0.1, 0.15) is 11.9 Å². The van der Waals surface area contributed by atoms with E-state index in [0.29, 0.717) is 31.7 Å². The number of likely N-dealkylation sites (tertiary alicyclic amines) is 1. The minimum absolute atomic E-state index is 0.0837. The van der Waals surface area contributed by atoms with Crippen molar-refractivity contribution in [2.75, 3.05) is 26.8 Å². The molecular formula is C19H26FN3O3. The lowest BCUT2D eigenvalue weighted by molar-refractivity contribution is -0.132. The van der Waals surface area contributed by atoms with Gasteiger partial charge in [-0.1, -0.05) is 18.2 Å². The number of benzene rings is 1. The molecule has 2 heterocycles. The summed E-state index contributed by atoms with van der Waals surface area (Å²) in [6.07, 6.45) is 3.06. The maximum Gasteiger partial charge on any atom is 0.241 e. The average Bonchev–Trinajstić information content (AvgIpc) is 3.13. The largest absolute Gasteiger partial charge is 0.381 e. The third-order valence-corrected chi connectivity index (χ3v) is 5.19. The van der Waals surface area contributed by atoms with Gasteiger partial charge >= 0.3 is 0 Å². The van der Waals surface area contributed by atoms with Gasteiger partial charge in [-0.05, 0) is 31.7 Å². The molecule has 2 saturated heterocycles. The van der Waals surface area contributed by atoms with Crippen LogP contribution in [0.15, 0.2) is 24.3 Å². The molecule has 0 saturated carbocycles. The van der Waals surface area contributed by atoms with E-state index < -0.39 is 17.9 Å². The topological polar surface area (TPSA) is 70.7 Å². The lowest BCUT2D eigenvalue weighted by Gasteiger charge is -2.33. The highest BCUT2D eigenvalue weighted by atomic mass is 19.1. The number of ether oxygens (including phenoxy) is 1. The van der Waals surface area contributed by atoms with Gasteiger partial charge in [0.25, 0.3) is 0 Å². The molecule has 0 bridgehead atoms. The van der Waals surface area contributed by atoms with Gasteiger partial charge in [0.05, 0.1) is 6.04 Å². The zero-order valence-electron chi connectivity index (χ0n) is 15.0. The Bertz CT molecular complexity index is 649. The second-order valence-electron chi connectivity index (χ2n) is 6.83. The van der Waals surface area contributed by atoms with Crippen LogP contribution in [0.25, 0.3) is 0 Å². The van der Waals surface area contributed by atoms with Crippen LogP contribution in [0.5, 0.6) is 0 Å². The number of hydrogen-bond donors (Lipinski definition) is 2. The van der Waals surface area contributed by atoms with E-state index in [1.807, 2.05) is 4.90 Å². The SMILES string of the molecule is CNC(=O)C(c1ccccc1F)N1CCCC1C(=O)NC1CCOCC1. The van der Waals surface area contributed by atoms with Gasteiger partial charge in [0.2, 0.25) is 11.8 Å². The molecule has 2 aliphatic rings. The third kappa shape index (κ3) is 4.04. The molecule has 0 spiro atoms. The van der Waals surface area contributed by atoms with Crippen LogP contribution in [0.2, 0.25) is 0 Å². The van der Waals surface area contributed by atoms with Crippen LogP contribution in [-0.4, -0.2) is 55.6 Å². The van der Waals surface area contributed by atoms with Crippen molar-refractivity contribution in [3.8, 4) is 0 Å². The third-order valence-electron chi connectivity index (χ3n) is 5.19. The van der Waals surface area contributed by atoms with Crippen molar-refractivity contribution in [2.24, 2.45) is 0 Å². The van der Waals surface area contributed by atoms with Crippen LogP contribution in [-0.2, 0) is 14.3 Å². The molecule has 7 heteroatoms. The first kappa shape index (κ1) is 18.8. The number of likely N-dealkylation sites (N-methyl/N-ethyl adjacent to an activating group) is 1. The molecular weight excluding hydrogens is 337 g/mol. The maximum absolute atomic E-state index is 14.4. The van der Waals surface area contributed by atoms with Crippen molar-refractivity contribution >= 4 is 11.8 Å². The first-order valence-corrected chi connectivity index (χ1v) is 9.21. The standard InChI is InChI=1S/C19H26FN3O3/c1-21-19(25)17(14-5-2-3-6-15(14)20)23-10-4-7-16(23)18(24)22-13-8-11-26-12-9-13/h2-3,5-6,13,16-17H,4,7-12H2,1H3,(H,21,25)(H,22,24). The van der Waals surface area contributed by atoms with Crippen LogP contribution < -0.4 is 10.6 Å². The molecule has 3 rings (SSSR count). The van der Waals surface area contributed by atoms with E-state index in [1.165, 1.54) is 13.1 Å². The number of nitrogens with zero attached hydrogens (tertiary/aromatic N) is 1. The van der Waals surface area contributed by atoms with Gasteiger partial charge in [-0.25, -0.2) is 4.39 Å². The first-order chi connectivity index (χ1) is 12.6. The van der Waals surface area contributed by atoms with E-state index in [2.05, 4.69) is 10.6 Å². The normalized spacial score (nSPS) is 22.8. The Morgan fingerprint density at radius 1 is 1.23 bits per heavy atom. The van der Waals surface area contributed by atoms with E-state index >= 15 is 0 Å². The monoisotopic (exact) mass is 363 g/mol. The van der Waals surface area contributed by atoms with Crippen molar-refractivity contribution in [3.63, 3.8) is 0 Å². The highest BCUT2D eigenvalue weighted by molar-refractivity contribution is 5.86. The molecule has 0 aliphatic carbocycles. The zero-order chi connectivity index (χ0) is 18.5. The van der Waals surface area contributed by atoms with Crippen LogP contribution in [0.1, 0.15) is 37.3 Å². The maximum atomic E-state index is 14.4. The smallest absolute Gasteiger partial charge is 0.241 e. The Hall–Kier alpha value is -1.99. The van der Waals surface area contributed by atoms with Crippen molar-refractivity contribution in [1.82, 2.24) is 15.5 Å². The second kappa shape index (κ2) is 8.60. The molecule has 2 fully saturated rings. The summed E-state index contributed by atoms with van der Waals surface area (Å²) in [6, 6.07) is 5.12. The van der Waals surface area contributed by atoms with Crippen molar-refractivity contribution in [1.29, 1.82) is 0 Å². The molecule has 2 amide bonds. The highest BCUT2D eigenvalue weighted by Crippen LogP contribution is 2.31. The summed E-state index contributed by atoms with van der Waals surface area (Å²) in [6.45, 7) is 1.88. The van der Waals surface area contributed by atoms with Crippen molar-refractivity contribution in [2.45, 2.75) is 43.8 Å². The number of halogens is 1. The predicted molar refractivity (Wildman–Crippen MR) is 94.9 cm³/mol. The van der Waals surface area contributed by atoms with Gasteiger partial charge in [0, 0.05) is 38.4 Å². The molecule has 2 N–H and O–H groups in total. The lowest BCUT2D eigenvalue weighted by atomic mass is 10.0. The van der Waals surface area contributed by atoms with Crippen LogP contribution in [0.3, 0.4) is 0 Å². The second-order valence-corrected chi connectivity index (χ2v) is 6.83. The molecule has 26 heavy (non-hydrogen) atoms. The summed E-state index contributed by atoms with van der Waals surface area (Å²) in [7, 11) is 1.53. The predicted octanol–water partition coefficient (Wildman–Crippen LogP) is 1.37. The van der Waals surface area contributed by atoms with Gasteiger partial charge in [-0.15, -0.1) is 0 Å². The summed E-state index contributed by atoms with van der Waals surface area (Å²) < 4.78 is 19.7. The molecule has 2 aliphatic heterocycles. The number of amides is 2. The fraction of sp³-hybridized carbons (Fsp3) is 0.579. The van der Waals surface area contributed by atoms with E-state index in [0.717, 1.165) is 19.3 Å². The summed E-state index contributed by atoms with van der Waals surface area (Å²) in [5, 5.41) is 5.70. The Balaban J connectivity index is 1.80. The van der Waals surface area contributed by atoms with Gasteiger partial charge in [0.15, 0.2) is 0 Å². The highest BCUT2D eigenvalue weighted by Gasteiger charge is 2.40. The van der Waals surface area contributed by atoms with E-state index in [9.17, 15) is 14.0 Å². The molecule has 6 nitrogen and oxygen atoms in total. The average molecular weight is 363 g/mol. The van der Waals surface area contributed by atoms with E-state index in [-0.39, 0.29) is 17.9 Å². The molecule has 0 aromatic heterocycles. The summed E-state index contributed by atoms with van der Waals surface area (Å²) >= 11 is 0. The van der Waals surface area contributed by atoms with Gasteiger partial charge in [-0.3, -0.25) is 14.5 Å². The zero-order valence-corrected chi connectivity index (χ0v) is 15.0. The van der Waals surface area contributed by atoms with Crippen LogP contribution in [0, 0.1) is 5.82 Å². The summed E-state index contributed by atoms with van der Waals surface area (Å²) in [5.74, 6) is -0.822. The molecule has 1 aromatic carbocycles. The number of carbonyl (C=O) groups is 2. The molecule has 142 valence electrons.